The highest BCUT2D eigenvalue weighted by atomic mass is 32.1. The molecule has 0 fully saturated rings. The molecule has 2 aromatic rings. The molecular formula is C16H14N2O6S. The van der Waals surface area contributed by atoms with Crippen molar-refractivity contribution in [3.63, 3.8) is 0 Å². The Morgan fingerprint density at radius 1 is 1.20 bits per heavy atom. The molecule has 1 amide bonds. The number of hydrogen-bond donors (Lipinski definition) is 1. The molecule has 1 heterocycles. The molecule has 2 rings (SSSR count). The Kier molecular flexibility index (Phi) is 5.60. The molecule has 0 aliphatic heterocycles. The second-order valence-corrected chi connectivity index (χ2v) is 6.10. The third-order valence-corrected chi connectivity index (χ3v) is 4.21. The lowest BCUT2D eigenvalue weighted by Crippen LogP contribution is -2.30. The van der Waals surface area contributed by atoms with Crippen LogP contribution in [0.25, 0.3) is 0 Å². The summed E-state index contributed by atoms with van der Waals surface area (Å²) in [7, 11) is 0. The quantitative estimate of drug-likeness (QED) is 0.365. The minimum absolute atomic E-state index is 0.0236. The number of benzene rings is 1. The Bertz CT molecular complexity index is 845. The number of rotatable bonds is 6. The SMILES string of the molecule is CC(=O)c1ccccc1NC(=O)C(C)OC(=O)c1ccc([N+](=O)[O-])s1. The Labute approximate surface area is 146 Å². The summed E-state index contributed by atoms with van der Waals surface area (Å²) in [5, 5.41) is 13.0. The highest BCUT2D eigenvalue weighted by Crippen LogP contribution is 2.25. The zero-order valence-corrected chi connectivity index (χ0v) is 14.2. The van der Waals surface area contributed by atoms with E-state index in [9.17, 15) is 24.5 Å². The maximum atomic E-state index is 12.2. The van der Waals surface area contributed by atoms with Gasteiger partial charge in [0.25, 0.3) is 5.91 Å². The molecule has 0 spiro atoms. The maximum absolute atomic E-state index is 12.2. The molecule has 25 heavy (non-hydrogen) atoms. The van der Waals surface area contributed by atoms with Crippen LogP contribution in [0.15, 0.2) is 36.4 Å². The minimum atomic E-state index is -1.14. The first kappa shape index (κ1) is 18.3. The summed E-state index contributed by atoms with van der Waals surface area (Å²) in [6.07, 6.45) is -1.14. The predicted molar refractivity (Wildman–Crippen MR) is 90.9 cm³/mol. The van der Waals surface area contributed by atoms with Gasteiger partial charge in [-0.25, -0.2) is 4.79 Å². The summed E-state index contributed by atoms with van der Waals surface area (Å²) < 4.78 is 5.02. The summed E-state index contributed by atoms with van der Waals surface area (Å²) in [5.41, 5.74) is 0.651. The number of nitrogens with one attached hydrogen (secondary N) is 1. The van der Waals surface area contributed by atoms with Gasteiger partial charge in [-0.2, -0.15) is 0 Å². The molecule has 1 N–H and O–H groups in total. The highest BCUT2D eigenvalue weighted by molar-refractivity contribution is 7.17. The van der Waals surface area contributed by atoms with E-state index in [2.05, 4.69) is 5.32 Å². The van der Waals surface area contributed by atoms with E-state index in [1.165, 1.54) is 26.0 Å². The van der Waals surface area contributed by atoms with E-state index in [1.807, 2.05) is 0 Å². The number of Topliss-reactive ketones (excluding diaryl/α,β-unsaturated/α-hetero) is 1. The standard InChI is InChI=1S/C16H14N2O6S/c1-9(19)11-5-3-4-6-12(11)17-15(20)10(2)24-16(21)13-7-8-14(25-13)18(22)23/h3-8,10H,1-2H3,(H,17,20). The Morgan fingerprint density at radius 2 is 1.88 bits per heavy atom. The van der Waals surface area contributed by atoms with Crippen LogP contribution in [0.2, 0.25) is 0 Å². The molecule has 0 radical (unpaired) electrons. The molecule has 0 aliphatic rings. The van der Waals surface area contributed by atoms with Crippen LogP contribution in [0.1, 0.15) is 33.9 Å². The number of esters is 1. The summed E-state index contributed by atoms with van der Waals surface area (Å²) >= 11 is 0.663. The molecule has 9 heteroatoms. The molecule has 1 atom stereocenters. The molecule has 1 aromatic carbocycles. The summed E-state index contributed by atoms with van der Waals surface area (Å²) in [5.74, 6) is -1.67. The van der Waals surface area contributed by atoms with Crippen LogP contribution in [0.4, 0.5) is 10.7 Å². The number of carbonyl (C=O) groups is 3. The van der Waals surface area contributed by atoms with Crippen molar-refractivity contribution in [2.75, 3.05) is 5.32 Å². The average molecular weight is 362 g/mol. The molecule has 1 unspecified atom stereocenters. The molecule has 0 saturated carbocycles. The third-order valence-electron chi connectivity index (χ3n) is 3.19. The number of para-hydroxylation sites is 1. The van der Waals surface area contributed by atoms with Crippen LogP contribution < -0.4 is 5.32 Å². The number of ether oxygens (including phenoxy) is 1. The van der Waals surface area contributed by atoms with Crippen LogP contribution in [-0.4, -0.2) is 28.7 Å². The second-order valence-electron chi connectivity index (χ2n) is 5.03. The van der Waals surface area contributed by atoms with Gasteiger partial charge < -0.3 is 10.1 Å². The fourth-order valence-electron chi connectivity index (χ4n) is 1.94. The van der Waals surface area contributed by atoms with E-state index in [4.69, 9.17) is 4.74 Å². The Balaban J connectivity index is 2.04. The second kappa shape index (κ2) is 7.67. The van der Waals surface area contributed by atoms with Crippen LogP contribution in [-0.2, 0) is 9.53 Å². The van der Waals surface area contributed by atoms with Crippen LogP contribution in [0, 0.1) is 10.1 Å². The third kappa shape index (κ3) is 4.48. The lowest BCUT2D eigenvalue weighted by molar-refractivity contribution is -0.380. The molecule has 0 aliphatic carbocycles. The smallest absolute Gasteiger partial charge is 0.349 e. The van der Waals surface area contributed by atoms with Gasteiger partial charge in [-0.1, -0.05) is 23.5 Å². The van der Waals surface area contributed by atoms with Gasteiger partial charge in [-0.05, 0) is 32.0 Å². The van der Waals surface area contributed by atoms with Crippen molar-refractivity contribution in [2.24, 2.45) is 0 Å². The average Bonchev–Trinajstić information content (AvgIpc) is 3.05. The Hall–Kier alpha value is -3.07. The number of anilines is 1. The van der Waals surface area contributed by atoms with Crippen molar-refractivity contribution in [3.8, 4) is 0 Å². The van der Waals surface area contributed by atoms with Crippen LogP contribution in [0.3, 0.4) is 0 Å². The summed E-state index contributed by atoms with van der Waals surface area (Å²) in [6, 6.07) is 8.91. The van der Waals surface area contributed by atoms with Crippen molar-refractivity contribution < 1.29 is 24.0 Å². The van der Waals surface area contributed by atoms with Crippen molar-refractivity contribution in [3.05, 3.63) is 57.0 Å². The Morgan fingerprint density at radius 3 is 2.48 bits per heavy atom. The largest absolute Gasteiger partial charge is 0.448 e. The number of thiophene rings is 1. The van der Waals surface area contributed by atoms with Crippen LogP contribution >= 0.6 is 11.3 Å². The molecule has 1 aromatic heterocycles. The lowest BCUT2D eigenvalue weighted by Gasteiger charge is -2.14. The maximum Gasteiger partial charge on any atom is 0.349 e. The van der Waals surface area contributed by atoms with Crippen molar-refractivity contribution >= 4 is 39.7 Å². The van der Waals surface area contributed by atoms with E-state index in [1.54, 1.807) is 24.3 Å². The zero-order valence-electron chi connectivity index (χ0n) is 13.3. The first-order chi connectivity index (χ1) is 11.8. The van der Waals surface area contributed by atoms with Gasteiger partial charge in [0.1, 0.15) is 4.88 Å². The zero-order chi connectivity index (χ0) is 18.6. The van der Waals surface area contributed by atoms with E-state index < -0.39 is 22.9 Å². The van der Waals surface area contributed by atoms with E-state index in [-0.39, 0.29) is 15.7 Å². The van der Waals surface area contributed by atoms with Crippen molar-refractivity contribution in [2.45, 2.75) is 20.0 Å². The molecular weight excluding hydrogens is 348 g/mol. The number of nitrogens with zero attached hydrogens (tertiary/aromatic N) is 1. The fourth-order valence-corrected chi connectivity index (χ4v) is 2.64. The summed E-state index contributed by atoms with van der Waals surface area (Å²) in [4.78, 5) is 45.7. The monoisotopic (exact) mass is 362 g/mol. The number of hydrogen-bond acceptors (Lipinski definition) is 7. The van der Waals surface area contributed by atoms with Crippen LogP contribution in [0.5, 0.6) is 0 Å². The van der Waals surface area contributed by atoms with Gasteiger partial charge in [0.05, 0.1) is 10.6 Å². The van der Waals surface area contributed by atoms with Gasteiger partial charge in [-0.15, -0.1) is 0 Å². The van der Waals surface area contributed by atoms with Gasteiger partial charge in [0, 0.05) is 11.6 Å². The van der Waals surface area contributed by atoms with Gasteiger partial charge >= 0.3 is 11.0 Å². The lowest BCUT2D eigenvalue weighted by atomic mass is 10.1. The van der Waals surface area contributed by atoms with Gasteiger partial charge in [-0.3, -0.25) is 19.7 Å². The van der Waals surface area contributed by atoms with Gasteiger partial charge in [0.15, 0.2) is 11.9 Å². The topological polar surface area (TPSA) is 116 Å². The molecule has 0 saturated heterocycles. The van der Waals surface area contributed by atoms with E-state index >= 15 is 0 Å². The fraction of sp³-hybridized carbons (Fsp3) is 0.188. The number of carbonyl (C=O) groups excluding carboxylic acids is 3. The number of ketones is 1. The van der Waals surface area contributed by atoms with Crippen molar-refractivity contribution in [1.82, 2.24) is 0 Å². The first-order valence-electron chi connectivity index (χ1n) is 7.15. The van der Waals surface area contributed by atoms with Gasteiger partial charge in [0.2, 0.25) is 0 Å². The van der Waals surface area contributed by atoms with E-state index in [0.29, 0.717) is 22.6 Å². The normalized spacial score (nSPS) is 11.4. The molecule has 8 nitrogen and oxygen atoms in total. The predicted octanol–water partition coefficient (Wildman–Crippen LogP) is 3.04. The van der Waals surface area contributed by atoms with Crippen molar-refractivity contribution in [1.29, 1.82) is 0 Å². The van der Waals surface area contributed by atoms with E-state index in [0.717, 1.165) is 0 Å². The molecule has 0 bridgehead atoms. The minimum Gasteiger partial charge on any atom is -0.448 e. The number of nitro groups is 1. The summed E-state index contributed by atoms with van der Waals surface area (Å²) in [6.45, 7) is 2.74. The number of amides is 1. The highest BCUT2D eigenvalue weighted by Gasteiger charge is 2.23. The molecule has 130 valence electrons. The first-order valence-corrected chi connectivity index (χ1v) is 7.97.